The van der Waals surface area contributed by atoms with E-state index in [1.54, 1.807) is 17.0 Å². The van der Waals surface area contributed by atoms with Gasteiger partial charge in [-0.25, -0.2) is 0 Å². The number of ether oxygens (including phenoxy) is 2. The van der Waals surface area contributed by atoms with E-state index in [1.807, 2.05) is 13.0 Å². The van der Waals surface area contributed by atoms with Crippen molar-refractivity contribution in [1.29, 1.82) is 0 Å². The van der Waals surface area contributed by atoms with Crippen molar-refractivity contribution in [1.82, 2.24) is 4.90 Å². The van der Waals surface area contributed by atoms with Gasteiger partial charge in [0.1, 0.15) is 0 Å². The lowest BCUT2D eigenvalue weighted by molar-refractivity contribution is -0.151. The average Bonchev–Trinajstić information content (AvgIpc) is 2.93. The van der Waals surface area contributed by atoms with Crippen molar-refractivity contribution >= 4 is 11.9 Å². The molecule has 0 radical (unpaired) electrons. The number of rotatable bonds is 3. The summed E-state index contributed by atoms with van der Waals surface area (Å²) in [5.41, 5.74) is 0.779. The lowest BCUT2D eigenvalue weighted by Crippen LogP contribution is -2.45. The molecule has 2 heterocycles. The third-order valence-electron chi connectivity index (χ3n) is 4.10. The van der Waals surface area contributed by atoms with Gasteiger partial charge >= 0.3 is 5.97 Å². The highest BCUT2D eigenvalue weighted by Gasteiger charge is 2.40. The van der Waals surface area contributed by atoms with Gasteiger partial charge in [0.25, 0.3) is 0 Å². The first-order valence-electron chi connectivity index (χ1n) is 7.03. The zero-order valence-electron chi connectivity index (χ0n) is 11.7. The maximum absolute atomic E-state index is 12.1. The van der Waals surface area contributed by atoms with E-state index in [-0.39, 0.29) is 19.1 Å². The summed E-state index contributed by atoms with van der Waals surface area (Å²) in [4.78, 5) is 25.3. The van der Waals surface area contributed by atoms with Crippen LogP contribution in [0.2, 0.25) is 0 Å². The first kappa shape index (κ1) is 13.7. The Morgan fingerprint density at radius 2 is 2.14 bits per heavy atom. The number of hydrogen-bond donors (Lipinski definition) is 1. The predicted molar refractivity (Wildman–Crippen MR) is 73.1 cm³/mol. The first-order valence-corrected chi connectivity index (χ1v) is 7.03. The van der Waals surface area contributed by atoms with Crippen molar-refractivity contribution in [3.05, 3.63) is 23.8 Å². The Hall–Kier alpha value is -2.24. The highest BCUT2D eigenvalue weighted by Crippen LogP contribution is 2.41. The molecule has 6 nitrogen and oxygen atoms in total. The molecule has 2 aliphatic rings. The van der Waals surface area contributed by atoms with Crippen molar-refractivity contribution in [3.8, 4) is 11.5 Å². The van der Waals surface area contributed by atoms with Crippen LogP contribution < -0.4 is 9.47 Å². The molecule has 6 heteroatoms. The van der Waals surface area contributed by atoms with Crippen LogP contribution in [-0.2, 0) is 9.59 Å². The van der Waals surface area contributed by atoms with Crippen LogP contribution in [0.1, 0.15) is 31.4 Å². The normalized spacial score (nSPS) is 24.2. The van der Waals surface area contributed by atoms with Crippen LogP contribution in [0.5, 0.6) is 11.5 Å². The molecule has 0 aliphatic carbocycles. The molecule has 0 saturated carbocycles. The number of carboxylic acids is 1. The highest BCUT2D eigenvalue weighted by atomic mass is 16.7. The van der Waals surface area contributed by atoms with Crippen LogP contribution in [0, 0.1) is 5.92 Å². The molecule has 2 aliphatic heterocycles. The molecule has 1 fully saturated rings. The van der Waals surface area contributed by atoms with Gasteiger partial charge in [-0.05, 0) is 31.0 Å². The molecule has 1 amide bonds. The van der Waals surface area contributed by atoms with Gasteiger partial charge in [-0.3, -0.25) is 9.59 Å². The van der Waals surface area contributed by atoms with Crippen LogP contribution in [0.3, 0.4) is 0 Å². The van der Waals surface area contributed by atoms with Crippen LogP contribution in [0.15, 0.2) is 18.2 Å². The summed E-state index contributed by atoms with van der Waals surface area (Å²) in [7, 11) is 0. The molecule has 2 atom stereocenters. The van der Waals surface area contributed by atoms with E-state index in [1.165, 1.54) is 0 Å². The fraction of sp³-hybridized carbons (Fsp3) is 0.467. The molecule has 21 heavy (non-hydrogen) atoms. The predicted octanol–water partition coefficient (Wildman–Crippen LogP) is 1.80. The molecule has 112 valence electrons. The zero-order valence-corrected chi connectivity index (χ0v) is 11.7. The van der Waals surface area contributed by atoms with E-state index in [4.69, 9.17) is 9.47 Å². The molecular formula is C15H17NO5. The average molecular weight is 291 g/mol. The maximum atomic E-state index is 12.1. The van der Waals surface area contributed by atoms with Gasteiger partial charge in [-0.15, -0.1) is 0 Å². The Labute approximate surface area is 122 Å². The van der Waals surface area contributed by atoms with Gasteiger partial charge in [-0.2, -0.15) is 0 Å². The Morgan fingerprint density at radius 1 is 1.38 bits per heavy atom. The van der Waals surface area contributed by atoms with Crippen molar-refractivity contribution in [2.75, 3.05) is 13.3 Å². The van der Waals surface area contributed by atoms with Crippen LogP contribution in [-0.4, -0.2) is 35.2 Å². The van der Waals surface area contributed by atoms with Gasteiger partial charge < -0.3 is 19.5 Å². The number of likely N-dealkylation sites (tertiary alicyclic amines) is 1. The summed E-state index contributed by atoms with van der Waals surface area (Å²) >= 11 is 0. The van der Waals surface area contributed by atoms with Gasteiger partial charge in [0, 0.05) is 13.0 Å². The van der Waals surface area contributed by atoms with Crippen LogP contribution in [0.25, 0.3) is 0 Å². The maximum Gasteiger partial charge on any atom is 0.308 e. The molecule has 1 aromatic carbocycles. The fourth-order valence-electron chi connectivity index (χ4n) is 3.09. The number of aliphatic carboxylic acids is 1. The Morgan fingerprint density at radius 3 is 2.86 bits per heavy atom. The second-order valence-corrected chi connectivity index (χ2v) is 5.22. The van der Waals surface area contributed by atoms with Gasteiger partial charge in [0.2, 0.25) is 12.7 Å². The number of hydrogen-bond acceptors (Lipinski definition) is 4. The third-order valence-corrected chi connectivity index (χ3v) is 4.10. The second-order valence-electron chi connectivity index (χ2n) is 5.22. The number of piperidine rings is 1. The van der Waals surface area contributed by atoms with E-state index < -0.39 is 17.9 Å². The molecule has 0 unspecified atom stereocenters. The van der Waals surface area contributed by atoms with E-state index in [2.05, 4.69) is 0 Å². The summed E-state index contributed by atoms with van der Waals surface area (Å²) < 4.78 is 10.6. The molecule has 1 aromatic rings. The molecule has 1 N–H and O–H groups in total. The Balaban J connectivity index is 2.01. The van der Waals surface area contributed by atoms with Crippen molar-refractivity contribution < 1.29 is 24.2 Å². The molecule has 3 rings (SSSR count). The first-order chi connectivity index (χ1) is 10.1. The van der Waals surface area contributed by atoms with E-state index in [0.717, 1.165) is 5.56 Å². The fourth-order valence-corrected chi connectivity index (χ4v) is 3.09. The minimum absolute atomic E-state index is 0.00216. The quantitative estimate of drug-likeness (QED) is 0.919. The van der Waals surface area contributed by atoms with E-state index in [9.17, 15) is 14.7 Å². The lowest BCUT2D eigenvalue weighted by Gasteiger charge is -2.39. The second kappa shape index (κ2) is 5.27. The smallest absolute Gasteiger partial charge is 0.308 e. The monoisotopic (exact) mass is 291 g/mol. The minimum Gasteiger partial charge on any atom is -0.481 e. The number of nitrogens with zero attached hydrogens (tertiary/aromatic N) is 1. The Bertz CT molecular complexity index is 583. The highest BCUT2D eigenvalue weighted by molar-refractivity contribution is 5.81. The number of fused-ring (bicyclic) bond motifs is 1. The molecule has 1 saturated heterocycles. The topological polar surface area (TPSA) is 76.1 Å². The van der Waals surface area contributed by atoms with Crippen molar-refractivity contribution in [2.24, 2.45) is 5.92 Å². The van der Waals surface area contributed by atoms with Crippen LogP contribution >= 0.6 is 0 Å². The summed E-state index contributed by atoms with van der Waals surface area (Å²) in [6, 6.07) is 4.91. The summed E-state index contributed by atoms with van der Waals surface area (Å²) in [6.07, 6.45) is 0.648. The number of carbonyl (C=O) groups excluding carboxylic acids is 1. The van der Waals surface area contributed by atoms with Gasteiger partial charge in [-0.1, -0.05) is 6.07 Å². The summed E-state index contributed by atoms with van der Waals surface area (Å²) in [5, 5.41) is 9.47. The zero-order chi connectivity index (χ0) is 15.0. The lowest BCUT2D eigenvalue weighted by atomic mass is 9.84. The van der Waals surface area contributed by atoms with E-state index >= 15 is 0 Å². The summed E-state index contributed by atoms with van der Waals surface area (Å²) in [6.45, 7) is 2.52. The van der Waals surface area contributed by atoms with Crippen molar-refractivity contribution in [2.45, 2.75) is 25.8 Å². The minimum atomic E-state index is -0.872. The van der Waals surface area contributed by atoms with Gasteiger partial charge in [0.15, 0.2) is 11.5 Å². The molecule has 0 bridgehead atoms. The van der Waals surface area contributed by atoms with Gasteiger partial charge in [0.05, 0.1) is 12.0 Å². The number of benzene rings is 1. The standard InChI is InChI=1S/C15H17NO5/c1-2-16-13(17)6-4-10(15(18)19)14(16)9-3-5-11-12(7-9)21-8-20-11/h3,5,7,10,14H,2,4,6,8H2,1H3,(H,18,19)/t10-,14-/m1/s1. The van der Waals surface area contributed by atoms with Crippen molar-refractivity contribution in [3.63, 3.8) is 0 Å². The third kappa shape index (κ3) is 2.30. The number of carbonyl (C=O) groups is 2. The molecular weight excluding hydrogens is 274 g/mol. The summed E-state index contributed by atoms with van der Waals surface area (Å²) in [5.74, 6) is -0.217. The molecule has 0 spiro atoms. The SMILES string of the molecule is CCN1C(=O)CC[C@@H](C(=O)O)[C@H]1c1ccc2c(c1)OCO2. The van der Waals surface area contributed by atoms with Crippen LogP contribution in [0.4, 0.5) is 0 Å². The molecule has 0 aromatic heterocycles. The number of amides is 1. The number of carboxylic acid groups (broad SMARTS) is 1. The largest absolute Gasteiger partial charge is 0.481 e. The Kier molecular flexibility index (Phi) is 3.45. The van der Waals surface area contributed by atoms with E-state index in [0.29, 0.717) is 24.5 Å².